The molecule has 0 atom stereocenters. The number of carbonyl (C=O) groups excluding carboxylic acids is 1. The van der Waals surface area contributed by atoms with Crippen LogP contribution in [0.25, 0.3) is 0 Å². The van der Waals surface area contributed by atoms with Crippen LogP contribution in [-0.4, -0.2) is 33.8 Å². The fraction of sp³-hybridized carbons (Fsp3) is 0.357. The zero-order chi connectivity index (χ0) is 17.0. The Hall–Kier alpha value is -2.29. The van der Waals surface area contributed by atoms with Gasteiger partial charge in [-0.1, -0.05) is 0 Å². The number of aromatic nitrogens is 3. The molecule has 1 heterocycles. The van der Waals surface area contributed by atoms with Crippen molar-refractivity contribution in [2.45, 2.75) is 20.4 Å². The lowest BCUT2D eigenvalue weighted by molar-refractivity contribution is 0.0942. The Kier molecular flexibility index (Phi) is 5.43. The quantitative estimate of drug-likeness (QED) is 0.791. The van der Waals surface area contributed by atoms with Crippen LogP contribution < -0.4 is 10.1 Å². The number of aryl methyl sites for hydroxylation is 1. The molecule has 1 amide bonds. The van der Waals surface area contributed by atoms with Gasteiger partial charge >= 0.3 is 0 Å². The van der Waals surface area contributed by atoms with Crippen molar-refractivity contribution in [2.75, 3.05) is 13.2 Å². The maximum Gasteiger partial charge on any atom is 0.257 e. The number of aromatic amines is 1. The predicted molar refractivity (Wildman–Crippen MR) is 82.0 cm³/mol. The Bertz CT molecular complexity index is 773. The van der Waals surface area contributed by atoms with E-state index in [0.29, 0.717) is 17.1 Å². The van der Waals surface area contributed by atoms with Gasteiger partial charge in [0.2, 0.25) is 0 Å². The number of nitrogens with zero attached hydrogens (tertiary/aromatic N) is 2. The van der Waals surface area contributed by atoms with Gasteiger partial charge in [0, 0.05) is 13.1 Å². The van der Waals surface area contributed by atoms with E-state index in [1.54, 1.807) is 18.4 Å². The first kappa shape index (κ1) is 17.1. The van der Waals surface area contributed by atoms with Gasteiger partial charge in [-0.15, -0.1) is 0 Å². The summed E-state index contributed by atoms with van der Waals surface area (Å²) >= 11 is 5.03. The van der Waals surface area contributed by atoms with Crippen molar-refractivity contribution in [3.63, 3.8) is 0 Å². The highest BCUT2D eigenvalue weighted by molar-refractivity contribution is 7.71. The average Bonchev–Trinajstić information content (AvgIpc) is 2.82. The second-order valence-electron chi connectivity index (χ2n) is 4.65. The van der Waals surface area contributed by atoms with Gasteiger partial charge in [-0.3, -0.25) is 9.89 Å². The zero-order valence-electron chi connectivity index (χ0n) is 12.7. The van der Waals surface area contributed by atoms with Crippen molar-refractivity contribution in [3.8, 4) is 5.75 Å². The summed E-state index contributed by atoms with van der Waals surface area (Å²) in [5, 5.41) is 9.00. The van der Waals surface area contributed by atoms with Crippen molar-refractivity contribution in [2.24, 2.45) is 0 Å². The molecule has 1 aromatic carbocycles. The Labute approximate surface area is 136 Å². The van der Waals surface area contributed by atoms with Crippen molar-refractivity contribution < 1.29 is 18.3 Å². The normalized spacial score (nSPS) is 10.6. The van der Waals surface area contributed by atoms with E-state index >= 15 is 0 Å². The van der Waals surface area contributed by atoms with Gasteiger partial charge < -0.3 is 14.6 Å². The molecule has 0 bridgehead atoms. The van der Waals surface area contributed by atoms with E-state index in [2.05, 4.69) is 15.5 Å². The van der Waals surface area contributed by atoms with Crippen molar-refractivity contribution in [3.05, 3.63) is 39.9 Å². The number of rotatable bonds is 6. The summed E-state index contributed by atoms with van der Waals surface area (Å²) in [6.45, 7) is 4.10. The van der Waals surface area contributed by atoms with E-state index in [1.807, 2.05) is 0 Å². The monoisotopic (exact) mass is 342 g/mol. The summed E-state index contributed by atoms with van der Waals surface area (Å²) in [4.78, 5) is 12.0. The number of H-pyrrole nitrogens is 1. The second kappa shape index (κ2) is 7.32. The van der Waals surface area contributed by atoms with E-state index in [0.717, 1.165) is 12.1 Å². The van der Waals surface area contributed by atoms with Crippen LogP contribution in [0.4, 0.5) is 8.78 Å². The van der Waals surface area contributed by atoms with E-state index in [9.17, 15) is 13.6 Å². The van der Waals surface area contributed by atoms with E-state index in [-0.39, 0.29) is 18.9 Å². The SMILES string of the molecule is CCOc1ccc(F)c(C(=O)NCCn2c(C)n[nH]c2=S)c1F. The number of halogens is 2. The molecule has 0 aliphatic heterocycles. The van der Waals surface area contributed by atoms with Gasteiger partial charge in [-0.2, -0.15) is 5.10 Å². The number of benzene rings is 1. The van der Waals surface area contributed by atoms with Crippen LogP contribution in [0.5, 0.6) is 5.75 Å². The van der Waals surface area contributed by atoms with Crippen LogP contribution in [0.3, 0.4) is 0 Å². The first-order valence-electron chi connectivity index (χ1n) is 6.96. The summed E-state index contributed by atoms with van der Waals surface area (Å²) in [6, 6.07) is 2.15. The third kappa shape index (κ3) is 3.73. The average molecular weight is 342 g/mol. The highest BCUT2D eigenvalue weighted by Crippen LogP contribution is 2.23. The lowest BCUT2D eigenvalue weighted by Crippen LogP contribution is -2.29. The Balaban J connectivity index is 2.09. The molecule has 6 nitrogen and oxygen atoms in total. The number of nitrogens with one attached hydrogen (secondary N) is 2. The maximum absolute atomic E-state index is 14.1. The summed E-state index contributed by atoms with van der Waals surface area (Å²) in [7, 11) is 0. The lowest BCUT2D eigenvalue weighted by atomic mass is 10.1. The molecule has 2 N–H and O–H groups in total. The van der Waals surface area contributed by atoms with Crippen molar-refractivity contribution >= 4 is 18.1 Å². The second-order valence-corrected chi connectivity index (χ2v) is 5.04. The molecule has 0 aliphatic carbocycles. The van der Waals surface area contributed by atoms with Crippen molar-refractivity contribution in [1.29, 1.82) is 0 Å². The fourth-order valence-corrected chi connectivity index (χ4v) is 2.31. The molecule has 0 radical (unpaired) electrons. The van der Waals surface area contributed by atoms with Crippen LogP contribution in [0.2, 0.25) is 0 Å². The molecule has 0 saturated carbocycles. The third-order valence-electron chi connectivity index (χ3n) is 3.15. The first-order valence-corrected chi connectivity index (χ1v) is 7.37. The van der Waals surface area contributed by atoms with Crippen LogP contribution in [0.1, 0.15) is 23.1 Å². The Morgan fingerprint density at radius 2 is 2.22 bits per heavy atom. The number of ether oxygens (including phenoxy) is 1. The summed E-state index contributed by atoms with van der Waals surface area (Å²) in [5.74, 6) is -2.32. The van der Waals surface area contributed by atoms with E-state index in [4.69, 9.17) is 17.0 Å². The summed E-state index contributed by atoms with van der Waals surface area (Å²) in [5.41, 5.74) is -0.663. The molecular weight excluding hydrogens is 326 g/mol. The summed E-state index contributed by atoms with van der Waals surface area (Å²) < 4.78 is 35.0. The molecular formula is C14H16F2N4O2S. The van der Waals surface area contributed by atoms with Gasteiger partial charge in [0.1, 0.15) is 17.2 Å². The molecule has 1 aromatic heterocycles. The minimum Gasteiger partial charge on any atom is -0.491 e. The summed E-state index contributed by atoms with van der Waals surface area (Å²) in [6.07, 6.45) is 0. The highest BCUT2D eigenvalue weighted by atomic mass is 32.1. The van der Waals surface area contributed by atoms with Gasteiger partial charge in [-0.05, 0) is 38.2 Å². The number of hydrogen-bond acceptors (Lipinski definition) is 4. The predicted octanol–water partition coefficient (Wildman–Crippen LogP) is 2.36. The standard InChI is InChI=1S/C14H16F2N4O2S/c1-3-22-10-5-4-9(15)11(12(10)16)13(21)17-6-7-20-8(2)18-19-14(20)23/h4-5H,3,6-7H2,1-2H3,(H,17,21)(H,19,23). The molecule has 124 valence electrons. The minimum absolute atomic E-state index is 0.144. The lowest BCUT2D eigenvalue weighted by Gasteiger charge is -2.11. The van der Waals surface area contributed by atoms with Crippen LogP contribution in [-0.2, 0) is 6.54 Å². The molecule has 0 spiro atoms. The van der Waals surface area contributed by atoms with E-state index < -0.39 is 23.1 Å². The molecule has 23 heavy (non-hydrogen) atoms. The Morgan fingerprint density at radius 3 is 2.83 bits per heavy atom. The van der Waals surface area contributed by atoms with Crippen molar-refractivity contribution in [1.82, 2.24) is 20.1 Å². The maximum atomic E-state index is 14.1. The molecule has 0 fully saturated rings. The molecule has 2 rings (SSSR count). The van der Waals surface area contributed by atoms with Crippen LogP contribution >= 0.6 is 12.2 Å². The highest BCUT2D eigenvalue weighted by Gasteiger charge is 2.21. The fourth-order valence-electron chi connectivity index (χ4n) is 2.04. The number of hydrogen-bond donors (Lipinski definition) is 2. The van der Waals surface area contributed by atoms with Gasteiger partial charge in [0.05, 0.1) is 6.61 Å². The first-order chi connectivity index (χ1) is 11.0. The molecule has 0 saturated heterocycles. The number of carbonyl (C=O) groups is 1. The minimum atomic E-state index is -1.01. The Morgan fingerprint density at radius 1 is 1.48 bits per heavy atom. The molecule has 9 heteroatoms. The molecule has 0 unspecified atom stereocenters. The van der Waals surface area contributed by atoms with E-state index in [1.165, 1.54) is 0 Å². The number of amides is 1. The third-order valence-corrected chi connectivity index (χ3v) is 3.46. The van der Waals surface area contributed by atoms with Crippen LogP contribution in [0, 0.1) is 23.3 Å². The van der Waals surface area contributed by atoms with Gasteiger partial charge in [0.15, 0.2) is 16.3 Å². The zero-order valence-corrected chi connectivity index (χ0v) is 13.5. The van der Waals surface area contributed by atoms with Crippen LogP contribution in [0.15, 0.2) is 12.1 Å². The largest absolute Gasteiger partial charge is 0.491 e. The van der Waals surface area contributed by atoms with Gasteiger partial charge in [0.25, 0.3) is 5.91 Å². The smallest absolute Gasteiger partial charge is 0.257 e. The molecule has 0 aliphatic rings. The van der Waals surface area contributed by atoms with Gasteiger partial charge in [-0.25, -0.2) is 8.78 Å². The topological polar surface area (TPSA) is 71.9 Å². The molecule has 2 aromatic rings.